The molecule has 0 aliphatic heterocycles. The molecular weight excluding hydrogens is 282 g/mol. The van der Waals surface area contributed by atoms with Crippen molar-refractivity contribution in [2.24, 2.45) is 0 Å². The summed E-state index contributed by atoms with van der Waals surface area (Å²) in [5.41, 5.74) is 7.88. The highest BCUT2D eigenvalue weighted by Gasteiger charge is 2.14. The maximum absolute atomic E-state index is 6.20. The minimum absolute atomic E-state index is 0.733. The van der Waals surface area contributed by atoms with E-state index in [1.54, 1.807) is 4.52 Å². The molecule has 0 aliphatic carbocycles. The van der Waals surface area contributed by atoms with Gasteiger partial charge in [0.25, 0.3) is 0 Å². The third-order valence-electron chi connectivity index (χ3n) is 3.52. The van der Waals surface area contributed by atoms with Crippen molar-refractivity contribution in [2.45, 2.75) is 13.3 Å². The number of anilines is 1. The molecule has 0 fully saturated rings. The Morgan fingerprint density at radius 1 is 1.14 bits per heavy atom. The van der Waals surface area contributed by atoms with Crippen LogP contribution in [0.25, 0.3) is 26.3 Å². The largest absolute Gasteiger partial charge is 0.398 e. The summed E-state index contributed by atoms with van der Waals surface area (Å²) in [7, 11) is 0. The van der Waals surface area contributed by atoms with Crippen molar-refractivity contribution in [3.63, 3.8) is 0 Å². The van der Waals surface area contributed by atoms with Crippen LogP contribution in [0.15, 0.2) is 36.4 Å². The van der Waals surface area contributed by atoms with E-state index in [2.05, 4.69) is 33.5 Å². The van der Waals surface area contributed by atoms with E-state index in [0.717, 1.165) is 44.2 Å². The second-order valence-corrected chi connectivity index (χ2v) is 5.81. The average Bonchev–Trinajstić information content (AvgIpc) is 3.06. The zero-order valence-electron chi connectivity index (χ0n) is 11.4. The van der Waals surface area contributed by atoms with Crippen LogP contribution < -0.4 is 5.73 Å². The minimum Gasteiger partial charge on any atom is -0.398 e. The van der Waals surface area contributed by atoms with Gasteiger partial charge in [0.1, 0.15) is 5.01 Å². The van der Waals surface area contributed by atoms with Gasteiger partial charge < -0.3 is 5.73 Å². The van der Waals surface area contributed by atoms with Crippen molar-refractivity contribution in [3.8, 4) is 10.6 Å². The van der Waals surface area contributed by atoms with Crippen LogP contribution in [0.1, 0.15) is 12.7 Å². The fourth-order valence-corrected chi connectivity index (χ4v) is 3.33. The fraction of sp³-hybridized carbons (Fsp3) is 0.133. The molecule has 2 heterocycles. The van der Waals surface area contributed by atoms with E-state index in [-0.39, 0.29) is 0 Å². The summed E-state index contributed by atoms with van der Waals surface area (Å²) in [6, 6.07) is 12.3. The number of hydrogen-bond donors (Lipinski definition) is 1. The topological polar surface area (TPSA) is 69.1 Å². The van der Waals surface area contributed by atoms with Crippen molar-refractivity contribution in [1.29, 1.82) is 0 Å². The number of hydrogen-bond acceptors (Lipinski definition) is 5. The maximum Gasteiger partial charge on any atom is 0.234 e. The molecule has 6 heteroatoms. The minimum atomic E-state index is 0.733. The van der Waals surface area contributed by atoms with Crippen LogP contribution in [-0.2, 0) is 6.42 Å². The number of nitrogen functional groups attached to an aromatic ring is 1. The Hall–Kier alpha value is -2.47. The van der Waals surface area contributed by atoms with Gasteiger partial charge in [-0.05, 0) is 22.9 Å². The Balaban J connectivity index is 1.94. The third kappa shape index (κ3) is 1.87. The van der Waals surface area contributed by atoms with Gasteiger partial charge in [0.2, 0.25) is 4.96 Å². The normalized spacial score (nSPS) is 11.5. The van der Waals surface area contributed by atoms with E-state index in [1.807, 2.05) is 25.1 Å². The van der Waals surface area contributed by atoms with Gasteiger partial charge in [0.15, 0.2) is 5.82 Å². The molecule has 0 spiro atoms. The first-order chi connectivity index (χ1) is 10.3. The molecule has 4 aromatic rings. The predicted octanol–water partition coefficient (Wildman–Crippen LogP) is 3.15. The summed E-state index contributed by atoms with van der Waals surface area (Å²) in [5, 5.41) is 16.0. The second-order valence-electron chi connectivity index (χ2n) is 4.86. The molecule has 0 atom stereocenters. The summed E-state index contributed by atoms with van der Waals surface area (Å²) < 4.78 is 1.80. The maximum atomic E-state index is 6.20. The Kier molecular flexibility index (Phi) is 2.65. The van der Waals surface area contributed by atoms with E-state index < -0.39 is 0 Å². The number of aryl methyl sites for hydroxylation is 1. The molecule has 0 unspecified atom stereocenters. The lowest BCUT2D eigenvalue weighted by atomic mass is 10.1. The van der Waals surface area contributed by atoms with E-state index in [9.17, 15) is 0 Å². The van der Waals surface area contributed by atoms with Gasteiger partial charge in [-0.1, -0.05) is 42.5 Å². The number of fused-ring (bicyclic) bond motifs is 2. The van der Waals surface area contributed by atoms with Crippen LogP contribution in [0.5, 0.6) is 0 Å². The van der Waals surface area contributed by atoms with Gasteiger partial charge in [-0.15, -0.1) is 10.2 Å². The summed E-state index contributed by atoms with van der Waals surface area (Å²) >= 11 is 1.51. The third-order valence-corrected chi connectivity index (χ3v) is 4.45. The highest BCUT2D eigenvalue weighted by Crippen LogP contribution is 2.33. The number of aromatic nitrogens is 4. The van der Waals surface area contributed by atoms with Crippen molar-refractivity contribution in [2.75, 3.05) is 5.73 Å². The van der Waals surface area contributed by atoms with E-state index in [0.29, 0.717) is 0 Å². The first-order valence-electron chi connectivity index (χ1n) is 6.76. The van der Waals surface area contributed by atoms with Gasteiger partial charge in [-0.25, -0.2) is 0 Å². The Morgan fingerprint density at radius 2 is 1.90 bits per heavy atom. The van der Waals surface area contributed by atoms with Crippen LogP contribution in [0.3, 0.4) is 0 Å². The quantitative estimate of drug-likeness (QED) is 0.577. The lowest BCUT2D eigenvalue weighted by Crippen LogP contribution is -1.95. The molecule has 2 N–H and O–H groups in total. The van der Waals surface area contributed by atoms with Gasteiger partial charge >= 0.3 is 0 Å². The Morgan fingerprint density at radius 3 is 2.67 bits per heavy atom. The molecule has 2 aromatic heterocycles. The molecule has 5 nitrogen and oxygen atoms in total. The molecule has 0 saturated heterocycles. The van der Waals surface area contributed by atoms with Crippen LogP contribution in [-0.4, -0.2) is 19.8 Å². The van der Waals surface area contributed by atoms with Crippen molar-refractivity contribution >= 4 is 32.8 Å². The Bertz CT molecular complexity index is 953. The molecule has 104 valence electrons. The summed E-state index contributed by atoms with van der Waals surface area (Å²) in [6.45, 7) is 2.04. The van der Waals surface area contributed by atoms with E-state index in [4.69, 9.17) is 5.73 Å². The number of nitrogens with two attached hydrogens (primary N) is 1. The first kappa shape index (κ1) is 12.3. The zero-order chi connectivity index (χ0) is 14.4. The molecule has 4 rings (SSSR count). The summed E-state index contributed by atoms with van der Waals surface area (Å²) in [5.74, 6) is 0.867. The predicted molar refractivity (Wildman–Crippen MR) is 85.4 cm³/mol. The summed E-state index contributed by atoms with van der Waals surface area (Å²) in [4.78, 5) is 0.800. The highest BCUT2D eigenvalue weighted by atomic mass is 32.1. The van der Waals surface area contributed by atoms with Crippen molar-refractivity contribution < 1.29 is 0 Å². The highest BCUT2D eigenvalue weighted by molar-refractivity contribution is 7.19. The molecule has 0 aliphatic rings. The molecule has 21 heavy (non-hydrogen) atoms. The second kappa shape index (κ2) is 4.53. The van der Waals surface area contributed by atoms with E-state index >= 15 is 0 Å². The van der Waals surface area contributed by atoms with Crippen LogP contribution in [0, 0.1) is 0 Å². The molecule has 2 aromatic carbocycles. The number of benzene rings is 2. The number of rotatable bonds is 2. The average molecular weight is 295 g/mol. The van der Waals surface area contributed by atoms with Gasteiger partial charge in [-0.2, -0.15) is 9.61 Å². The molecule has 0 saturated carbocycles. The van der Waals surface area contributed by atoms with Crippen LogP contribution >= 0.6 is 11.3 Å². The van der Waals surface area contributed by atoms with E-state index in [1.165, 1.54) is 11.3 Å². The zero-order valence-corrected chi connectivity index (χ0v) is 12.3. The number of nitrogens with zero attached hydrogens (tertiary/aromatic N) is 4. The summed E-state index contributed by atoms with van der Waals surface area (Å²) in [6.07, 6.45) is 0.803. The van der Waals surface area contributed by atoms with Crippen molar-refractivity contribution in [3.05, 3.63) is 42.2 Å². The van der Waals surface area contributed by atoms with Crippen LogP contribution in [0.2, 0.25) is 0 Å². The van der Waals surface area contributed by atoms with Gasteiger partial charge in [0.05, 0.1) is 0 Å². The fourth-order valence-electron chi connectivity index (χ4n) is 2.43. The first-order valence-corrected chi connectivity index (χ1v) is 7.57. The monoisotopic (exact) mass is 295 g/mol. The molecule has 0 amide bonds. The van der Waals surface area contributed by atoms with Crippen molar-refractivity contribution in [1.82, 2.24) is 19.8 Å². The van der Waals surface area contributed by atoms with Crippen LogP contribution in [0.4, 0.5) is 5.69 Å². The molecular formula is C15H13N5S. The lowest BCUT2D eigenvalue weighted by molar-refractivity contribution is 0.838. The smallest absolute Gasteiger partial charge is 0.234 e. The molecule has 0 bridgehead atoms. The van der Waals surface area contributed by atoms with Gasteiger partial charge in [0, 0.05) is 17.7 Å². The van der Waals surface area contributed by atoms with Gasteiger partial charge in [-0.3, -0.25) is 0 Å². The Labute approximate surface area is 125 Å². The molecule has 0 radical (unpaired) electrons. The lowest BCUT2D eigenvalue weighted by Gasteiger charge is -2.05. The SMILES string of the molecule is CCc1nnc2sc(-c3cc4ccccc4cc3N)nn12. The standard InChI is InChI=1S/C15H13N5S/c1-2-13-17-18-15-20(13)19-14(21-15)11-7-9-5-3-4-6-10(9)8-12(11)16/h3-8H,2,16H2,1H3.